The first-order chi connectivity index (χ1) is 10.1. The highest BCUT2D eigenvalue weighted by Crippen LogP contribution is 2.26. The molecule has 1 aromatic heterocycles. The molecule has 1 aliphatic heterocycles. The lowest BCUT2D eigenvalue weighted by Gasteiger charge is -2.31. The van der Waals surface area contributed by atoms with Crippen LogP contribution in [0.15, 0.2) is 35.7 Å². The number of halogens is 1. The van der Waals surface area contributed by atoms with E-state index in [0.29, 0.717) is 10.7 Å². The first-order valence-corrected chi connectivity index (χ1v) is 8.25. The van der Waals surface area contributed by atoms with Crippen LogP contribution in [0.5, 0.6) is 0 Å². The summed E-state index contributed by atoms with van der Waals surface area (Å²) < 4.78 is 0. The molecule has 0 spiro atoms. The van der Waals surface area contributed by atoms with Crippen LogP contribution in [0.1, 0.15) is 17.4 Å². The first-order valence-electron chi connectivity index (χ1n) is 7.00. The van der Waals surface area contributed by atoms with Crippen LogP contribution in [-0.4, -0.2) is 23.4 Å². The lowest BCUT2D eigenvalue weighted by molar-refractivity contribution is -0.121. The summed E-state index contributed by atoms with van der Waals surface area (Å²) in [6.45, 7) is 3.71. The minimum atomic E-state index is -0.172. The molecule has 1 aliphatic rings. The number of anilines is 1. The number of hydrogen-bond donors (Lipinski definition) is 1. The third kappa shape index (κ3) is 3.12. The molecular formula is C16H17ClN2OS. The number of carbonyl (C=O) groups excluding carboxylic acids is 1. The summed E-state index contributed by atoms with van der Waals surface area (Å²) in [5.41, 5.74) is 2.02. The van der Waals surface area contributed by atoms with Crippen molar-refractivity contribution in [3.05, 3.63) is 51.2 Å². The van der Waals surface area contributed by atoms with E-state index in [1.54, 1.807) is 6.07 Å². The van der Waals surface area contributed by atoms with Gasteiger partial charge in [0, 0.05) is 18.0 Å². The minimum Gasteiger partial charge on any atom is -0.323 e. The van der Waals surface area contributed by atoms with Gasteiger partial charge >= 0.3 is 0 Å². The summed E-state index contributed by atoms with van der Waals surface area (Å²) in [6.07, 6.45) is 1.02. The number of amides is 1. The summed E-state index contributed by atoms with van der Waals surface area (Å²) in [5, 5.41) is 5.61. The first kappa shape index (κ1) is 14.6. The highest BCUT2D eigenvalue weighted by molar-refractivity contribution is 7.10. The van der Waals surface area contributed by atoms with E-state index in [2.05, 4.69) is 21.7 Å². The van der Waals surface area contributed by atoms with Crippen molar-refractivity contribution < 1.29 is 4.79 Å². The molecule has 2 aromatic rings. The molecule has 3 rings (SSSR count). The lowest BCUT2D eigenvalue weighted by atomic mass is 10.1. The fraction of sp³-hybridized carbons (Fsp3) is 0.312. The van der Waals surface area contributed by atoms with Crippen LogP contribution in [0.2, 0.25) is 5.02 Å². The molecule has 5 heteroatoms. The van der Waals surface area contributed by atoms with Gasteiger partial charge in [0.05, 0.1) is 16.8 Å². The number of carbonyl (C=O) groups is 1. The third-order valence-electron chi connectivity index (χ3n) is 3.90. The van der Waals surface area contributed by atoms with Crippen LogP contribution >= 0.6 is 22.9 Å². The number of nitrogens with one attached hydrogen (secondary N) is 1. The van der Waals surface area contributed by atoms with E-state index in [4.69, 9.17) is 11.6 Å². The van der Waals surface area contributed by atoms with Crippen LogP contribution in [0.25, 0.3) is 0 Å². The topological polar surface area (TPSA) is 32.3 Å². The standard InChI is InChI=1S/C16H17ClN2OS/c1-11(16(20)18-14-5-3-2-4-13(14)17)19-8-6-15-12(10-19)7-9-21-15/h2-5,7,9,11H,6,8,10H2,1H3,(H,18,20). The number of nitrogens with zero attached hydrogens (tertiary/aromatic N) is 1. The van der Waals surface area contributed by atoms with E-state index in [-0.39, 0.29) is 11.9 Å². The molecule has 1 N–H and O–H groups in total. The van der Waals surface area contributed by atoms with E-state index in [9.17, 15) is 4.79 Å². The predicted molar refractivity (Wildman–Crippen MR) is 88.0 cm³/mol. The maximum absolute atomic E-state index is 12.4. The average Bonchev–Trinajstić information content (AvgIpc) is 2.96. The fourth-order valence-electron chi connectivity index (χ4n) is 2.57. The van der Waals surface area contributed by atoms with Gasteiger partial charge in [-0.05, 0) is 42.5 Å². The molecule has 1 aromatic carbocycles. The van der Waals surface area contributed by atoms with Crippen molar-refractivity contribution in [2.45, 2.75) is 25.9 Å². The maximum atomic E-state index is 12.4. The van der Waals surface area contributed by atoms with Gasteiger partial charge in [-0.25, -0.2) is 0 Å². The Balaban J connectivity index is 1.67. The van der Waals surface area contributed by atoms with Gasteiger partial charge in [-0.2, -0.15) is 0 Å². The molecule has 3 nitrogen and oxygen atoms in total. The predicted octanol–water partition coefficient (Wildman–Crippen LogP) is 3.79. The van der Waals surface area contributed by atoms with Gasteiger partial charge in [0.15, 0.2) is 0 Å². The van der Waals surface area contributed by atoms with Gasteiger partial charge in [-0.1, -0.05) is 23.7 Å². The second-order valence-electron chi connectivity index (χ2n) is 5.23. The number of thiophene rings is 1. The largest absolute Gasteiger partial charge is 0.323 e. The van der Waals surface area contributed by atoms with E-state index >= 15 is 0 Å². The van der Waals surface area contributed by atoms with Crippen molar-refractivity contribution >= 4 is 34.5 Å². The Morgan fingerprint density at radius 2 is 2.19 bits per heavy atom. The molecule has 0 fully saturated rings. The Labute approximate surface area is 133 Å². The van der Waals surface area contributed by atoms with Crippen LogP contribution in [0, 0.1) is 0 Å². The van der Waals surface area contributed by atoms with Crippen LogP contribution in [0.3, 0.4) is 0 Å². The van der Waals surface area contributed by atoms with Gasteiger partial charge in [0.25, 0.3) is 0 Å². The van der Waals surface area contributed by atoms with Crippen molar-refractivity contribution in [2.24, 2.45) is 0 Å². The molecule has 1 atom stereocenters. The molecule has 110 valence electrons. The zero-order valence-corrected chi connectivity index (χ0v) is 13.4. The second kappa shape index (κ2) is 6.18. The van der Waals surface area contributed by atoms with Gasteiger partial charge in [0.2, 0.25) is 5.91 Å². The summed E-state index contributed by atoms with van der Waals surface area (Å²) in [4.78, 5) is 16.1. The van der Waals surface area contributed by atoms with Crippen molar-refractivity contribution in [3.8, 4) is 0 Å². The molecule has 0 saturated carbocycles. The van der Waals surface area contributed by atoms with Crippen molar-refractivity contribution in [1.82, 2.24) is 4.90 Å². The molecule has 21 heavy (non-hydrogen) atoms. The number of fused-ring (bicyclic) bond motifs is 1. The monoisotopic (exact) mass is 320 g/mol. The van der Waals surface area contributed by atoms with Gasteiger partial charge in [-0.3, -0.25) is 9.69 Å². The van der Waals surface area contributed by atoms with E-state index in [1.807, 2.05) is 36.5 Å². The second-order valence-corrected chi connectivity index (χ2v) is 6.64. The summed E-state index contributed by atoms with van der Waals surface area (Å²) in [6, 6.07) is 9.30. The van der Waals surface area contributed by atoms with E-state index in [1.165, 1.54) is 10.4 Å². The quantitative estimate of drug-likeness (QED) is 0.933. The fourth-order valence-corrected chi connectivity index (χ4v) is 3.64. The van der Waals surface area contributed by atoms with Gasteiger partial charge < -0.3 is 5.32 Å². The van der Waals surface area contributed by atoms with Gasteiger partial charge in [0.1, 0.15) is 0 Å². The normalized spacial score (nSPS) is 16.3. The number of rotatable bonds is 3. The maximum Gasteiger partial charge on any atom is 0.241 e. The van der Waals surface area contributed by atoms with Crippen molar-refractivity contribution in [1.29, 1.82) is 0 Å². The van der Waals surface area contributed by atoms with Crippen LogP contribution < -0.4 is 5.32 Å². The van der Waals surface area contributed by atoms with Crippen molar-refractivity contribution in [2.75, 3.05) is 11.9 Å². The van der Waals surface area contributed by atoms with E-state index in [0.717, 1.165) is 19.5 Å². The molecular weight excluding hydrogens is 304 g/mol. The van der Waals surface area contributed by atoms with Crippen LogP contribution in [-0.2, 0) is 17.8 Å². The smallest absolute Gasteiger partial charge is 0.241 e. The molecule has 2 heterocycles. The summed E-state index contributed by atoms with van der Waals surface area (Å²) in [7, 11) is 0. The molecule has 1 unspecified atom stereocenters. The Kier molecular flexibility index (Phi) is 4.29. The molecule has 0 aliphatic carbocycles. The summed E-state index contributed by atoms with van der Waals surface area (Å²) >= 11 is 7.89. The highest BCUT2D eigenvalue weighted by Gasteiger charge is 2.26. The molecule has 0 radical (unpaired) electrons. The van der Waals surface area contributed by atoms with Crippen molar-refractivity contribution in [3.63, 3.8) is 0 Å². The Bertz CT molecular complexity index is 655. The Hall–Kier alpha value is -1.36. The highest BCUT2D eigenvalue weighted by atomic mass is 35.5. The zero-order valence-electron chi connectivity index (χ0n) is 11.8. The zero-order chi connectivity index (χ0) is 14.8. The SMILES string of the molecule is CC(C(=O)Nc1ccccc1Cl)N1CCc2sccc2C1. The minimum absolute atomic E-state index is 0.0122. The van der Waals surface area contributed by atoms with Crippen LogP contribution in [0.4, 0.5) is 5.69 Å². The van der Waals surface area contributed by atoms with E-state index < -0.39 is 0 Å². The summed E-state index contributed by atoms with van der Waals surface area (Å²) in [5.74, 6) is -0.0122. The molecule has 0 bridgehead atoms. The van der Waals surface area contributed by atoms with Gasteiger partial charge in [-0.15, -0.1) is 11.3 Å². The average molecular weight is 321 g/mol. The number of hydrogen-bond acceptors (Lipinski definition) is 3. The molecule has 1 amide bonds. The number of para-hydroxylation sites is 1. The Morgan fingerprint density at radius 3 is 3.00 bits per heavy atom. The lowest BCUT2D eigenvalue weighted by Crippen LogP contribution is -2.44. The third-order valence-corrected chi connectivity index (χ3v) is 5.25. The Morgan fingerprint density at radius 1 is 1.38 bits per heavy atom. The molecule has 0 saturated heterocycles. The number of benzene rings is 1.